The van der Waals surface area contributed by atoms with Crippen molar-refractivity contribution in [3.63, 3.8) is 0 Å². The molecule has 1 N–H and O–H groups in total. The van der Waals surface area contributed by atoms with Gasteiger partial charge in [-0.3, -0.25) is 14.4 Å². The van der Waals surface area contributed by atoms with Gasteiger partial charge in [0.2, 0.25) is 5.91 Å². The van der Waals surface area contributed by atoms with Crippen molar-refractivity contribution in [2.24, 2.45) is 5.92 Å². The summed E-state index contributed by atoms with van der Waals surface area (Å²) < 4.78 is 6.00. The molecule has 0 radical (unpaired) electrons. The molecular weight excluding hydrogens is 616 g/mol. The van der Waals surface area contributed by atoms with Gasteiger partial charge < -0.3 is 15.0 Å². The maximum atomic E-state index is 14.8. The SMILES string of the molecule is COc1ccc(C(=O)[C@@H]2[C@@H](C(=O)c3ccc(Cl)cc3)[C@@]3(C(=O)Nc4ccccc43)[C@H]3c4ccccc4C=CN23)cc1Br. The molecule has 208 valence electrons. The normalized spacial score (nSPS) is 23.3. The molecule has 3 heterocycles. The van der Waals surface area contributed by atoms with Crippen molar-refractivity contribution in [2.45, 2.75) is 17.5 Å². The first-order chi connectivity index (χ1) is 20.4. The number of carbonyl (C=O) groups is 3. The number of Topliss-reactive ketones (excluding diaryl/α,β-unsaturated/α-hetero) is 2. The highest BCUT2D eigenvalue weighted by molar-refractivity contribution is 9.10. The summed E-state index contributed by atoms with van der Waals surface area (Å²) in [6.07, 6.45) is 3.80. The highest BCUT2D eigenvalue weighted by atomic mass is 79.9. The number of halogens is 2. The van der Waals surface area contributed by atoms with E-state index in [-0.39, 0.29) is 17.5 Å². The Balaban J connectivity index is 1.52. The molecule has 4 atom stereocenters. The lowest BCUT2D eigenvalue weighted by Crippen LogP contribution is -2.49. The van der Waals surface area contributed by atoms with E-state index >= 15 is 0 Å². The number of carbonyl (C=O) groups excluding carboxylic acids is 3. The first-order valence-corrected chi connectivity index (χ1v) is 14.7. The van der Waals surface area contributed by atoms with Crippen molar-refractivity contribution < 1.29 is 19.1 Å². The first-order valence-electron chi connectivity index (χ1n) is 13.5. The zero-order valence-electron chi connectivity index (χ0n) is 22.4. The zero-order valence-corrected chi connectivity index (χ0v) is 24.7. The fourth-order valence-corrected chi connectivity index (χ4v) is 7.62. The molecule has 1 fully saturated rings. The molecule has 0 aliphatic carbocycles. The number of benzene rings is 4. The summed E-state index contributed by atoms with van der Waals surface area (Å²) in [5, 5.41) is 3.55. The third-order valence-electron chi connectivity index (χ3n) is 8.69. The lowest BCUT2D eigenvalue weighted by molar-refractivity contribution is -0.122. The van der Waals surface area contributed by atoms with Crippen LogP contribution in [-0.4, -0.2) is 35.5 Å². The van der Waals surface area contributed by atoms with E-state index < -0.39 is 23.4 Å². The van der Waals surface area contributed by atoms with Gasteiger partial charge >= 0.3 is 0 Å². The van der Waals surface area contributed by atoms with E-state index in [1.807, 2.05) is 65.7 Å². The van der Waals surface area contributed by atoms with Gasteiger partial charge in [0.05, 0.1) is 23.5 Å². The van der Waals surface area contributed by atoms with Crippen LogP contribution in [0.5, 0.6) is 5.75 Å². The van der Waals surface area contributed by atoms with Crippen LogP contribution in [0.15, 0.2) is 102 Å². The number of amides is 1. The van der Waals surface area contributed by atoms with Crippen molar-refractivity contribution in [2.75, 3.05) is 12.4 Å². The van der Waals surface area contributed by atoms with Crippen molar-refractivity contribution in [1.82, 2.24) is 4.90 Å². The van der Waals surface area contributed by atoms with E-state index in [1.165, 1.54) is 0 Å². The molecule has 8 heteroatoms. The zero-order chi connectivity index (χ0) is 29.2. The molecule has 1 spiro atoms. The number of hydrogen-bond donors (Lipinski definition) is 1. The molecule has 3 aliphatic rings. The predicted octanol–water partition coefficient (Wildman–Crippen LogP) is 7.09. The van der Waals surface area contributed by atoms with E-state index in [9.17, 15) is 14.4 Å². The summed E-state index contributed by atoms with van der Waals surface area (Å²) >= 11 is 9.68. The Morgan fingerprint density at radius 3 is 2.40 bits per heavy atom. The predicted molar refractivity (Wildman–Crippen MR) is 165 cm³/mol. The number of nitrogens with zero attached hydrogens (tertiary/aromatic N) is 1. The Morgan fingerprint density at radius 1 is 0.929 bits per heavy atom. The molecule has 0 bridgehead atoms. The number of anilines is 1. The number of para-hydroxylation sites is 1. The highest BCUT2D eigenvalue weighted by Gasteiger charge is 2.70. The second-order valence-electron chi connectivity index (χ2n) is 10.7. The Labute approximate surface area is 256 Å². The molecule has 6 nitrogen and oxygen atoms in total. The summed E-state index contributed by atoms with van der Waals surface area (Å²) in [7, 11) is 1.56. The third-order valence-corrected chi connectivity index (χ3v) is 9.56. The van der Waals surface area contributed by atoms with E-state index in [0.717, 1.165) is 11.1 Å². The van der Waals surface area contributed by atoms with Gasteiger partial charge in [0.1, 0.15) is 17.2 Å². The van der Waals surface area contributed by atoms with E-state index in [0.29, 0.717) is 37.6 Å². The number of nitrogens with one attached hydrogen (secondary N) is 1. The van der Waals surface area contributed by atoms with Crippen LogP contribution in [0.3, 0.4) is 0 Å². The Hall–Kier alpha value is -4.20. The third kappa shape index (κ3) is 3.73. The van der Waals surface area contributed by atoms with Crippen LogP contribution < -0.4 is 10.1 Å². The molecule has 1 amide bonds. The second-order valence-corrected chi connectivity index (χ2v) is 12.0. The van der Waals surface area contributed by atoms with Gasteiger partial charge in [-0.2, -0.15) is 0 Å². The maximum Gasteiger partial charge on any atom is 0.238 e. The molecule has 4 aromatic carbocycles. The number of ether oxygens (including phenoxy) is 1. The van der Waals surface area contributed by atoms with Crippen LogP contribution in [-0.2, 0) is 10.2 Å². The molecule has 0 aromatic heterocycles. The average molecular weight is 640 g/mol. The maximum absolute atomic E-state index is 14.8. The van der Waals surface area contributed by atoms with Crippen molar-refractivity contribution in [3.05, 3.63) is 135 Å². The molecular formula is C34H24BrClN2O4. The Kier molecular flexibility index (Phi) is 6.33. The van der Waals surface area contributed by atoms with E-state index in [2.05, 4.69) is 21.2 Å². The Morgan fingerprint density at radius 2 is 1.64 bits per heavy atom. The van der Waals surface area contributed by atoms with Crippen LogP contribution >= 0.6 is 27.5 Å². The van der Waals surface area contributed by atoms with Crippen LogP contribution in [0.1, 0.15) is 43.4 Å². The molecule has 0 unspecified atom stereocenters. The van der Waals surface area contributed by atoms with E-state index in [4.69, 9.17) is 16.3 Å². The second kappa shape index (κ2) is 9.96. The average Bonchev–Trinajstić information content (AvgIpc) is 3.49. The van der Waals surface area contributed by atoms with Gasteiger partial charge in [-0.05, 0) is 87.2 Å². The molecule has 7 rings (SSSR count). The van der Waals surface area contributed by atoms with Gasteiger partial charge in [-0.25, -0.2) is 0 Å². The number of hydrogen-bond acceptors (Lipinski definition) is 5. The number of ketones is 2. The van der Waals surface area contributed by atoms with Crippen molar-refractivity contribution in [1.29, 1.82) is 0 Å². The monoisotopic (exact) mass is 638 g/mol. The van der Waals surface area contributed by atoms with E-state index in [1.54, 1.807) is 49.6 Å². The summed E-state index contributed by atoms with van der Waals surface area (Å²) in [4.78, 5) is 45.9. The number of methoxy groups -OCH3 is 1. The Bertz CT molecular complexity index is 1820. The number of fused-ring (bicyclic) bond motifs is 6. The van der Waals surface area contributed by atoms with Crippen LogP contribution in [0, 0.1) is 5.92 Å². The summed E-state index contributed by atoms with van der Waals surface area (Å²) in [5.74, 6) is -1.35. The van der Waals surface area contributed by atoms with Crippen molar-refractivity contribution >= 4 is 56.8 Å². The summed E-state index contributed by atoms with van der Waals surface area (Å²) in [5.41, 5.74) is 2.55. The minimum atomic E-state index is -1.39. The smallest absolute Gasteiger partial charge is 0.238 e. The molecule has 3 aliphatic heterocycles. The topological polar surface area (TPSA) is 75.7 Å². The van der Waals surface area contributed by atoms with Crippen LogP contribution in [0.25, 0.3) is 6.08 Å². The van der Waals surface area contributed by atoms with Crippen molar-refractivity contribution in [3.8, 4) is 5.75 Å². The lowest BCUT2D eigenvalue weighted by Gasteiger charge is -2.38. The van der Waals surface area contributed by atoms with Gasteiger partial charge in [0, 0.05) is 28.0 Å². The largest absolute Gasteiger partial charge is 0.496 e. The first kappa shape index (κ1) is 26.7. The van der Waals surface area contributed by atoms with Crippen LogP contribution in [0.4, 0.5) is 5.69 Å². The van der Waals surface area contributed by atoms with Gasteiger partial charge in [0.25, 0.3) is 0 Å². The molecule has 42 heavy (non-hydrogen) atoms. The number of rotatable bonds is 5. The minimum absolute atomic E-state index is 0.270. The standard InChI is InChI=1S/C34H24BrClN2O4/c1-42-27-15-12-21(18-25(27)35)31(40)29-28(30(39)20-10-13-22(36)14-11-20)34(24-8-4-5-9-26(24)37-33(34)41)32-23-7-3-2-6-19(23)16-17-38(29)32/h2-18,28-29,32H,1H3,(H,37,41)/t28-,29-,32+,34+/m0/s1. The quantitative estimate of drug-likeness (QED) is 0.236. The molecule has 1 saturated heterocycles. The van der Waals surface area contributed by atoms with Crippen LogP contribution in [0.2, 0.25) is 5.02 Å². The summed E-state index contributed by atoms with van der Waals surface area (Å²) in [6.45, 7) is 0. The minimum Gasteiger partial charge on any atom is -0.496 e. The van der Waals surface area contributed by atoms with Gasteiger partial charge in [-0.1, -0.05) is 54.1 Å². The van der Waals surface area contributed by atoms with Gasteiger partial charge in [0.15, 0.2) is 11.6 Å². The highest BCUT2D eigenvalue weighted by Crippen LogP contribution is 2.62. The fraction of sp³-hybridized carbons (Fsp3) is 0.147. The molecule has 4 aromatic rings. The lowest BCUT2D eigenvalue weighted by atomic mass is 9.62. The fourth-order valence-electron chi connectivity index (χ4n) is 6.95. The van der Waals surface area contributed by atoms with Gasteiger partial charge in [-0.15, -0.1) is 0 Å². The summed E-state index contributed by atoms with van der Waals surface area (Å²) in [6, 6.07) is 25.4. The molecule has 0 saturated carbocycles.